The number of rotatable bonds is 28. The van der Waals surface area contributed by atoms with Gasteiger partial charge in [0, 0.05) is 47.3 Å². The van der Waals surface area contributed by atoms with Crippen LogP contribution in [0.15, 0.2) is 255 Å². The van der Waals surface area contributed by atoms with Crippen molar-refractivity contribution >= 4 is 82.6 Å². The lowest BCUT2D eigenvalue weighted by atomic mass is 9.90. The van der Waals surface area contributed by atoms with Gasteiger partial charge in [0.05, 0.1) is 39.1 Å². The molecule has 24 heteroatoms. The lowest BCUT2D eigenvalue weighted by Crippen LogP contribution is -2.68. The summed E-state index contributed by atoms with van der Waals surface area (Å²) in [5.74, 6) is 3.33. The van der Waals surface area contributed by atoms with Crippen LogP contribution in [0.4, 0.5) is 0 Å². The molecule has 0 amide bonds. The number of benzene rings is 8. The normalized spacial score (nSPS) is 27.9. The third-order valence-electron chi connectivity index (χ3n) is 26.4. The first-order chi connectivity index (χ1) is 61.5. The van der Waals surface area contributed by atoms with E-state index >= 15 is 0 Å². The molecule has 15 rings (SSSR count). The summed E-state index contributed by atoms with van der Waals surface area (Å²) in [6.45, 7) is 43.0. The number of aliphatic hydroxyl groups is 1. The molecule has 15 atom stereocenters. The van der Waals surface area contributed by atoms with E-state index in [1.807, 2.05) is 90.1 Å². The molecular formula is C106H139BO19Si4. The third kappa shape index (κ3) is 20.2. The monoisotopic (exact) mass is 1840 g/mol. The molecule has 7 aliphatic rings. The Morgan fingerprint density at radius 2 is 0.600 bits per heavy atom. The lowest BCUT2D eigenvalue weighted by molar-refractivity contribution is -0.253. The van der Waals surface area contributed by atoms with Crippen molar-refractivity contribution in [3.8, 4) is 24.7 Å². The minimum absolute atomic E-state index is 0.129. The standard InChI is InChI=1S/C28H36O5Si.C27H36O5Si.C26H36O6Si.C25H31BO3Si/c1-8-19-28(24(29-7)23-25(33-28)32-27(5,6)31-23)20-30-34(26(2,3)4,21-15-11-9-12-16-21)22-17-13-10-14-18-22;1-8-27(23(28-7)22-24(32-27)31-26(5,6)30-22)19-29-33(25(2,3)4,20-15-11-9-12-16-20)21-17-13-10-14-18-21;1-24(2,3)33(19-13-9-7-10-14-19,20-15-11-8-12-16-20)29-18-26(17-27)22(28-6)21-23(32-26)31-25(4,5)30-21;1-6-17-25(22(27-5)18-23(26)29-25)19-28-30(24(2,3)4,20-13-9-7-10-14-20)21-15-11-8-12-16-21/h1,9-18,23-25H,19-20H2,2-7H3;8-18,22-24H,1,19H2,2-7H3;7-16,21-23,27H,17-18H2,1-6H3;1,7-16,22-23H,17-19H2,2-5H3/t23-,24+,25+,28-;22-,23+,24+,27-;21-,22+,23+,26-;22-,23+,25+/m1110/s1. The Hall–Kier alpha value is -7.21. The van der Waals surface area contributed by atoms with Gasteiger partial charge in [0.25, 0.3) is 33.3 Å². The summed E-state index contributed by atoms with van der Waals surface area (Å²) in [7, 11) is 1.71. The van der Waals surface area contributed by atoms with Gasteiger partial charge in [0.2, 0.25) is 0 Å². The first-order valence-electron chi connectivity index (χ1n) is 45.3. The van der Waals surface area contributed by atoms with Crippen molar-refractivity contribution in [3.63, 3.8) is 0 Å². The van der Waals surface area contributed by atoms with Gasteiger partial charge in [-0.15, -0.1) is 31.3 Å². The number of terminal acetylenes is 2. The highest BCUT2D eigenvalue weighted by molar-refractivity contribution is 7.01. The van der Waals surface area contributed by atoms with E-state index in [1.165, 1.54) is 31.1 Å². The number of hydrogen-bond donors (Lipinski definition) is 1. The Labute approximate surface area is 779 Å². The lowest BCUT2D eigenvalue weighted by Gasteiger charge is -2.45. The molecule has 7 aliphatic heterocycles. The Balaban J connectivity index is 0.000000157. The van der Waals surface area contributed by atoms with Crippen LogP contribution in [-0.2, 0) is 84.0 Å². The van der Waals surface area contributed by atoms with E-state index in [1.54, 1.807) is 34.5 Å². The van der Waals surface area contributed by atoms with E-state index < -0.39 is 122 Å². The predicted octanol–water partition coefficient (Wildman–Crippen LogP) is 13.9. The van der Waals surface area contributed by atoms with Gasteiger partial charge < -0.3 is 89.1 Å². The summed E-state index contributed by atoms with van der Waals surface area (Å²) in [5.41, 5.74) is -3.64. The minimum Gasteiger partial charge on any atom is -0.404 e. The van der Waals surface area contributed by atoms with E-state index in [9.17, 15) is 5.11 Å². The van der Waals surface area contributed by atoms with Crippen molar-refractivity contribution in [1.82, 2.24) is 0 Å². The average molecular weight is 1840 g/mol. The molecule has 8 aromatic rings. The first-order valence-corrected chi connectivity index (χ1v) is 52.9. The summed E-state index contributed by atoms with van der Waals surface area (Å²) in [6, 6.07) is 83.6. The van der Waals surface area contributed by atoms with Crippen molar-refractivity contribution in [2.24, 2.45) is 0 Å². The molecule has 0 aliphatic carbocycles. The average Bonchev–Trinajstić information content (AvgIpc) is 1.54. The van der Waals surface area contributed by atoms with Crippen LogP contribution < -0.4 is 41.5 Å². The topological polar surface area (TPSA) is 186 Å². The summed E-state index contributed by atoms with van der Waals surface area (Å²) >= 11 is 0. The van der Waals surface area contributed by atoms with E-state index in [0.29, 0.717) is 25.9 Å². The fourth-order valence-corrected chi connectivity index (χ4v) is 39.1. The summed E-state index contributed by atoms with van der Waals surface area (Å²) in [4.78, 5) is 0. The van der Waals surface area contributed by atoms with Gasteiger partial charge in [-0.2, -0.15) is 0 Å². The van der Waals surface area contributed by atoms with Crippen molar-refractivity contribution in [2.75, 3.05) is 61.5 Å². The molecule has 2 radical (unpaired) electrons. The molecule has 696 valence electrons. The zero-order chi connectivity index (χ0) is 94.3. The fraction of sp³-hybridized carbons (Fsp3) is 0.491. The van der Waals surface area contributed by atoms with Crippen LogP contribution in [-0.4, -0.2) is 215 Å². The molecule has 8 aromatic carbocycles. The first kappa shape index (κ1) is 102. The van der Waals surface area contributed by atoms with Gasteiger partial charge in [-0.3, -0.25) is 0 Å². The second-order valence-electron chi connectivity index (χ2n) is 40.4. The Morgan fingerprint density at radius 3 is 0.862 bits per heavy atom. The Kier molecular flexibility index (Phi) is 31.9. The van der Waals surface area contributed by atoms with Crippen molar-refractivity contribution in [1.29, 1.82) is 0 Å². The Morgan fingerprint density at radius 1 is 0.354 bits per heavy atom. The molecule has 0 spiro atoms. The number of methoxy groups -OCH3 is 4. The molecule has 0 saturated carbocycles. The van der Waals surface area contributed by atoms with E-state index in [-0.39, 0.29) is 64.9 Å². The van der Waals surface area contributed by atoms with E-state index in [0.717, 1.165) is 10.4 Å². The highest BCUT2D eigenvalue weighted by atomic mass is 28.4. The molecule has 0 unspecified atom stereocenters. The van der Waals surface area contributed by atoms with Crippen LogP contribution in [0, 0.1) is 24.7 Å². The molecule has 19 nitrogen and oxygen atoms in total. The molecule has 7 saturated heterocycles. The second-order valence-corrected chi connectivity index (χ2v) is 57.6. The van der Waals surface area contributed by atoms with Gasteiger partial charge >= 0.3 is 0 Å². The maximum Gasteiger partial charge on any atom is 0.261 e. The number of hydrogen-bond acceptors (Lipinski definition) is 19. The van der Waals surface area contributed by atoms with Crippen LogP contribution in [0.25, 0.3) is 0 Å². The molecule has 0 aromatic heterocycles. The second kappa shape index (κ2) is 40.8. The van der Waals surface area contributed by atoms with Gasteiger partial charge in [0.15, 0.2) is 36.2 Å². The van der Waals surface area contributed by atoms with Crippen molar-refractivity contribution in [2.45, 2.75) is 271 Å². The number of fused-ring (bicyclic) bond motifs is 3. The quantitative estimate of drug-likeness (QED) is 0.0277. The third-order valence-corrected chi connectivity index (χ3v) is 46.3. The van der Waals surface area contributed by atoms with Crippen LogP contribution in [0.5, 0.6) is 0 Å². The van der Waals surface area contributed by atoms with E-state index in [4.69, 9.17) is 105 Å². The summed E-state index contributed by atoms with van der Waals surface area (Å²) < 4.78 is 114. The Bertz CT molecular complexity index is 4850. The maximum atomic E-state index is 10.6. The maximum absolute atomic E-state index is 10.6. The van der Waals surface area contributed by atoms with Crippen LogP contribution >= 0.6 is 0 Å². The fourth-order valence-electron chi connectivity index (χ4n) is 20.7. The molecule has 7 fully saturated rings. The molecule has 130 heavy (non-hydrogen) atoms. The van der Waals surface area contributed by atoms with E-state index in [2.05, 4.69) is 296 Å². The largest absolute Gasteiger partial charge is 0.404 e. The van der Waals surface area contributed by atoms with Crippen LogP contribution in [0.1, 0.15) is 144 Å². The molecule has 1 N–H and O–H groups in total. The summed E-state index contributed by atoms with van der Waals surface area (Å²) in [5, 5.41) is 19.5. The van der Waals surface area contributed by atoms with Gasteiger partial charge in [-0.05, 0) is 110 Å². The highest BCUT2D eigenvalue weighted by Crippen LogP contribution is 2.51. The highest BCUT2D eigenvalue weighted by Gasteiger charge is 2.68. The van der Waals surface area contributed by atoms with Crippen molar-refractivity contribution < 1.29 is 89.1 Å². The SMILES string of the molecule is C#CC[C@]1(CO[Si](c2ccccc2)(c2ccccc2)C(C)(C)C)O[C@@H]2OC(C)(C)O[C@@H]2[C@@H]1OC.C=C[C@]1(CO[Si](c2ccccc2)(c2ccccc2)C(C)(C)C)O[C@@H]2OC(C)(C)O[C@@H]2[C@@H]1OC.CO[C@H]1[C@H]2OC(C)(C)O[C@H]2O[C@]1(CO)CO[Si](c1ccccc1)(c1ccccc1)C(C)(C)C.[B][C@H]1C[C@H](OC)[C@@](CC#C)(CO[Si](c2ccccc2)(c2ccccc2)C(C)(C)C)O1. The van der Waals surface area contributed by atoms with Gasteiger partial charge in [0.1, 0.15) is 66.9 Å². The zero-order valence-corrected chi connectivity index (χ0v) is 84.4. The summed E-state index contributed by atoms with van der Waals surface area (Å²) in [6.07, 6.45) is 10.2. The van der Waals surface area contributed by atoms with Gasteiger partial charge in [-0.1, -0.05) is 332 Å². The van der Waals surface area contributed by atoms with Crippen LogP contribution in [0.2, 0.25) is 20.2 Å². The van der Waals surface area contributed by atoms with Gasteiger partial charge in [-0.25, -0.2) is 0 Å². The predicted molar refractivity (Wildman–Crippen MR) is 523 cm³/mol. The van der Waals surface area contributed by atoms with Crippen molar-refractivity contribution in [3.05, 3.63) is 255 Å². The number of aliphatic hydroxyl groups excluding tert-OH is 1. The zero-order valence-electron chi connectivity index (χ0n) is 80.4. The molecular weight excluding hydrogens is 1700 g/mol. The molecule has 0 bridgehead atoms. The number of ether oxygens (including phenoxy) is 14. The smallest absolute Gasteiger partial charge is 0.261 e. The molecule has 7 heterocycles. The van der Waals surface area contributed by atoms with Crippen LogP contribution in [0.3, 0.4) is 0 Å². The minimum atomic E-state index is -2.82.